The third-order valence-corrected chi connectivity index (χ3v) is 28.9. The normalized spacial score (nSPS) is 31.8. The summed E-state index contributed by atoms with van der Waals surface area (Å²) in [4.78, 5) is 109. The van der Waals surface area contributed by atoms with E-state index < -0.39 is 28.4 Å². The Hall–Kier alpha value is -4.58. The molecule has 0 spiro atoms. The van der Waals surface area contributed by atoms with Crippen LogP contribution in [-0.4, -0.2) is 189 Å². The van der Waals surface area contributed by atoms with Crippen molar-refractivity contribution in [2.75, 3.05) is 51.1 Å². The third-order valence-electron chi connectivity index (χ3n) is 28.9. The van der Waals surface area contributed by atoms with Crippen molar-refractivity contribution in [1.82, 2.24) is 0 Å². The fourth-order valence-corrected chi connectivity index (χ4v) is 22.0. The number of aliphatic hydroxyl groups excluding tert-OH is 8. The third kappa shape index (κ3) is 37.4. The number of carboxylic acids is 1. The van der Waals surface area contributed by atoms with E-state index >= 15 is 0 Å². The van der Waals surface area contributed by atoms with Gasteiger partial charge in [0.15, 0.2) is 0 Å². The minimum Gasteiger partial charge on any atom is -0.481 e. The summed E-state index contributed by atoms with van der Waals surface area (Å²) in [5.74, 6) is 8.98. The van der Waals surface area contributed by atoms with Crippen LogP contribution in [0.3, 0.4) is 0 Å². The van der Waals surface area contributed by atoms with Gasteiger partial charge in [-0.15, -0.1) is 0 Å². The molecule has 11 aliphatic rings. The summed E-state index contributed by atoms with van der Waals surface area (Å²) in [6, 6.07) is 11.0. The predicted molar refractivity (Wildman–Crippen MR) is 505 cm³/mol. The number of aliphatic hydroxyl groups is 8. The number of aliphatic carboxylic acids is 1. The zero-order chi connectivity index (χ0) is 91.6. The molecule has 690 valence electrons. The largest absolute Gasteiger partial charge is 0.481 e. The number of rotatable bonds is 21. The van der Waals surface area contributed by atoms with E-state index in [9.17, 15) is 58.8 Å². The first-order valence-electron chi connectivity index (χ1n) is 45.5. The second-order valence-electron chi connectivity index (χ2n) is 36.7. The smallest absolute Gasteiger partial charge is 0.314 e. The van der Waals surface area contributed by atoms with Crippen LogP contribution in [-0.2, 0) is 43.1 Å². The summed E-state index contributed by atoms with van der Waals surface area (Å²) in [5.41, 5.74) is 0.0336. The van der Waals surface area contributed by atoms with E-state index in [2.05, 4.69) is 107 Å². The van der Waals surface area contributed by atoms with Gasteiger partial charge in [-0.1, -0.05) is 102 Å². The first kappa shape index (κ1) is 109. The molecule has 123 heavy (non-hydrogen) atoms. The number of fused-ring (bicyclic) bond motifs is 7. The van der Waals surface area contributed by atoms with Crippen molar-refractivity contribution < 1.29 is 90.4 Å². The Morgan fingerprint density at radius 2 is 0.992 bits per heavy atom. The van der Waals surface area contributed by atoms with Gasteiger partial charge in [-0.2, -0.15) is 15.2 Å². The summed E-state index contributed by atoms with van der Waals surface area (Å²) in [6.07, 6.45) is 50.9. The number of carboxylic acid groups (broad SMARTS) is 1. The van der Waals surface area contributed by atoms with Crippen molar-refractivity contribution in [3.8, 4) is 6.26 Å². The molecule has 2 aromatic rings. The van der Waals surface area contributed by atoms with Crippen molar-refractivity contribution in [3.63, 3.8) is 0 Å². The number of nitriles is 1. The molecule has 11 fully saturated rings. The molecule has 2 bridgehead atoms. The van der Waals surface area contributed by atoms with Crippen LogP contribution in [0.15, 0.2) is 71.3 Å². The van der Waals surface area contributed by atoms with E-state index in [0.29, 0.717) is 96.1 Å². The number of benzene rings is 2. The van der Waals surface area contributed by atoms with Crippen LogP contribution in [0.2, 0.25) is 0 Å². The number of hydrogen-bond donors (Lipinski definition) is 9. The SMILES string of the molecule is C.CC(C)(C1CCC(O)CC1)C1CCC(O)CC1.CC1CC(N=C=O)CC(C)(CN=C=O)C1.CCC(CO)(CO)C(=O)O.N#COC1CCC(CC2CCC(N=C=O)CC2)CC1.O=C=NC1CCCC2C(N=C=O)CCCC12.O=C=Nc1cccc2c(N=C=O)cccc12.OCC1CC2C3CC(CO)C(C3)C2C1.OCC1CCC(CO)CC1.[2H]CI.[2H]P(I)I. The molecule has 0 aromatic heterocycles. The van der Waals surface area contributed by atoms with Crippen molar-refractivity contribution in [3.05, 3.63) is 36.4 Å². The standard InChI is InChI=1S/C15H22N2O2.C15H28O2.C12H16N2O2.C12H6N2O2.C12H20O2.C11H16N2O2.C8H16O2.C6H12O4.CH3I.CH4.HI2P/c16-10-19-15-7-3-13(4-8-15)9-12-1-5-14(6-2-12)17-11-18;1-15(2,11-3-7-13(16)8-4-11)12-5-9-14(17)10-6-12;2*15-7-13-11-5-1-3-9-10(11)4-2-6-12(9)14-8-16;13-5-7-1-10-8-3-9(6-14)11(4-8)12(10)2-7;1-9-3-10(13-8-15)5-11(2,4-9)6-12-7-14;9-5-7-1-2-8(6-10)4-3-7;1-2-6(3-7,4-8)5(9)10;1-2;;1-3-2/h12-15H,1-9H2;11-14,16-17H,3-10H2,1-2H3;9-12H,1-6H2;1-6H;7-14H,1-6H2;9-10H,3-6H2,1-2H3;7-10H,1-6H2;7-8H,2-4H2,1H3,(H,9,10);1H3;1H4;3H/i;;;;;;;;1D;;3D. The Morgan fingerprint density at radius 1 is 0.553 bits per heavy atom. The number of carbonyl (C=O) groups excluding carboxylic acids is 7. The van der Waals surface area contributed by atoms with E-state index in [-0.39, 0.29) is 61.7 Å². The van der Waals surface area contributed by atoms with E-state index in [4.69, 9.17) is 38.2 Å². The molecular weight excluding hydrogens is 1930 g/mol. The topological polar surface area (TPSA) is 438 Å². The maximum absolute atomic E-state index is 10.4. The van der Waals surface area contributed by atoms with Gasteiger partial charge in [0.05, 0.1) is 68.8 Å². The number of aliphatic imine (C=N–C) groups is 7. The minimum atomic E-state index is -1.35. The molecule has 26 nitrogen and oxygen atoms in total. The van der Waals surface area contributed by atoms with Gasteiger partial charge in [-0.25, -0.2) is 58.5 Å². The fourth-order valence-electron chi connectivity index (χ4n) is 22.0. The van der Waals surface area contributed by atoms with Crippen molar-refractivity contribution >= 4 is 141 Å². The number of ether oxygens (including phenoxy) is 1. The summed E-state index contributed by atoms with van der Waals surface area (Å²) in [6.45, 7) is 11.5. The Balaban J connectivity index is 0.000000366. The second kappa shape index (κ2) is 62.6. The van der Waals surface area contributed by atoms with Crippen molar-refractivity contribution in [1.29, 1.82) is 6.54 Å². The average Bonchev–Trinajstić information content (AvgIpc) is 1.59. The van der Waals surface area contributed by atoms with Crippen molar-refractivity contribution in [2.45, 2.75) is 309 Å². The molecule has 13 unspecified atom stereocenters. The molecule has 0 amide bonds. The predicted octanol–water partition coefficient (Wildman–Crippen LogP) is 18.6. The van der Waals surface area contributed by atoms with Crippen LogP contribution in [0, 0.1) is 117 Å². The van der Waals surface area contributed by atoms with Crippen LogP contribution in [0.25, 0.3) is 10.8 Å². The highest BCUT2D eigenvalue weighted by atomic mass is 127. The lowest BCUT2D eigenvalue weighted by molar-refractivity contribution is -0.154. The maximum Gasteiger partial charge on any atom is 0.314 e. The minimum absolute atomic E-state index is 0. The highest BCUT2D eigenvalue weighted by Gasteiger charge is 2.55. The van der Waals surface area contributed by atoms with Gasteiger partial charge in [-0.3, -0.25) is 4.79 Å². The summed E-state index contributed by atoms with van der Waals surface area (Å²) in [7, 11) is 0. The summed E-state index contributed by atoms with van der Waals surface area (Å²) >= 11 is 6.08. The van der Waals surface area contributed by atoms with Gasteiger partial charge in [0.1, 0.15) is 11.5 Å². The number of hydrogen-bond acceptors (Lipinski definition) is 25. The molecule has 0 saturated heterocycles. The molecule has 9 N–H and O–H groups in total. The van der Waals surface area contributed by atoms with Gasteiger partial charge in [0.2, 0.25) is 42.6 Å². The van der Waals surface area contributed by atoms with E-state index in [1.54, 1.807) is 73.7 Å². The summed E-state index contributed by atoms with van der Waals surface area (Å²) in [5, 5.41) is 91.0. The number of halogens is 3. The van der Waals surface area contributed by atoms with Gasteiger partial charge in [-0.05, 0) is 373 Å². The summed E-state index contributed by atoms with van der Waals surface area (Å²) < 4.78 is 17.4. The number of isocyanates is 7. The van der Waals surface area contributed by atoms with E-state index in [1.807, 2.05) is 28.8 Å². The Labute approximate surface area is 775 Å². The number of nitrogens with zero attached hydrogens (tertiary/aromatic N) is 8. The number of alkyl halides is 1. The van der Waals surface area contributed by atoms with Crippen molar-refractivity contribution in [2.24, 2.45) is 140 Å². The van der Waals surface area contributed by atoms with Crippen LogP contribution < -0.4 is 0 Å². The molecule has 0 heterocycles. The molecule has 11 saturated carbocycles. The van der Waals surface area contributed by atoms with E-state index in [1.165, 1.54) is 95.6 Å². The average molecular weight is 2080 g/mol. The number of carbonyl (C=O) groups is 1. The molecule has 11 aliphatic carbocycles. The monoisotopic (exact) mass is 2070 g/mol. The van der Waals surface area contributed by atoms with Gasteiger partial charge in [0, 0.05) is 42.4 Å². The zero-order valence-corrected chi connectivity index (χ0v) is 79.8. The quantitative estimate of drug-likeness (QED) is 0.0140. The Bertz CT molecular complexity index is 3650. The highest BCUT2D eigenvalue weighted by Crippen LogP contribution is 2.62. The molecule has 30 heteroatoms. The van der Waals surface area contributed by atoms with Crippen LogP contribution in [0.4, 0.5) is 11.4 Å². The lowest BCUT2D eigenvalue weighted by Gasteiger charge is -2.46. The van der Waals surface area contributed by atoms with Gasteiger partial charge >= 0.3 is 5.97 Å². The van der Waals surface area contributed by atoms with Gasteiger partial charge < -0.3 is 50.7 Å². The van der Waals surface area contributed by atoms with Crippen LogP contribution >= 0.6 is 70.5 Å². The van der Waals surface area contributed by atoms with Crippen LogP contribution in [0.5, 0.6) is 0 Å². The van der Waals surface area contributed by atoms with Crippen LogP contribution in [0.1, 0.15) is 268 Å². The molecule has 0 radical (unpaired) electrons. The lowest BCUT2D eigenvalue weighted by Crippen LogP contribution is -2.40. The second-order valence-corrected chi connectivity index (χ2v) is 45.3. The maximum atomic E-state index is 10.4. The molecule has 13 atom stereocenters. The Morgan fingerprint density at radius 3 is 1.38 bits per heavy atom. The van der Waals surface area contributed by atoms with E-state index in [0.717, 1.165) is 193 Å². The molecule has 13 rings (SSSR count). The molecule has 2 aromatic carbocycles. The first-order chi connectivity index (χ1) is 59.6. The Kier molecular flexibility index (Phi) is 55.5. The molecule has 0 aliphatic heterocycles. The lowest BCUT2D eigenvalue weighted by atomic mass is 9.60. The first-order valence-corrected chi connectivity index (χ1v) is 52.3. The molecular formula is C93H144I3N8O18P. The highest BCUT2D eigenvalue weighted by molar-refractivity contribution is 14.3. The zero-order valence-electron chi connectivity index (χ0n) is 74.4. The fraction of sp³-hybridized carbons (Fsp3) is 0.796. The van der Waals surface area contributed by atoms with Gasteiger partial charge in [0.25, 0.3) is 6.26 Å².